The van der Waals surface area contributed by atoms with Gasteiger partial charge in [0, 0.05) is 38.3 Å². The fraction of sp³-hybridized carbons (Fsp3) is 0.400. The number of nitrogens with zero attached hydrogens (tertiary/aromatic N) is 1. The van der Waals surface area contributed by atoms with Crippen molar-refractivity contribution < 1.29 is 14.2 Å². The Labute approximate surface area is 117 Å². The molecule has 1 atom stereocenters. The van der Waals surface area contributed by atoms with Gasteiger partial charge >= 0.3 is 0 Å². The van der Waals surface area contributed by atoms with Crippen molar-refractivity contribution in [1.82, 2.24) is 9.97 Å². The number of H-pyrrole nitrogens is 1. The second-order valence-corrected chi connectivity index (χ2v) is 5.24. The molecule has 5 heteroatoms. The Kier molecular flexibility index (Phi) is 3.23. The van der Waals surface area contributed by atoms with Crippen molar-refractivity contribution in [3.63, 3.8) is 0 Å². The van der Waals surface area contributed by atoms with Crippen molar-refractivity contribution in [2.75, 3.05) is 7.11 Å². The van der Waals surface area contributed by atoms with E-state index in [0.29, 0.717) is 6.61 Å². The van der Waals surface area contributed by atoms with Crippen LogP contribution in [0.5, 0.6) is 5.75 Å². The average molecular weight is 274 g/mol. The van der Waals surface area contributed by atoms with E-state index in [0.717, 1.165) is 22.6 Å². The predicted molar refractivity (Wildman–Crippen MR) is 73.4 cm³/mol. The number of aromatic nitrogens is 2. The maximum Gasteiger partial charge on any atom is 0.205 e. The second kappa shape index (κ2) is 4.92. The van der Waals surface area contributed by atoms with Gasteiger partial charge in [0.05, 0.1) is 18.6 Å². The Morgan fingerprint density at radius 3 is 2.95 bits per heavy atom. The molecule has 0 radical (unpaired) electrons. The smallest absolute Gasteiger partial charge is 0.205 e. The van der Waals surface area contributed by atoms with Gasteiger partial charge in [0.1, 0.15) is 11.9 Å². The molecular weight excluding hydrogens is 256 g/mol. The Balaban J connectivity index is 2.06. The molecule has 2 aromatic rings. The number of aromatic amines is 1. The van der Waals surface area contributed by atoms with Gasteiger partial charge in [-0.2, -0.15) is 0 Å². The van der Waals surface area contributed by atoms with Gasteiger partial charge in [0.25, 0.3) is 0 Å². The van der Waals surface area contributed by atoms with Gasteiger partial charge in [-0.05, 0) is 0 Å². The van der Waals surface area contributed by atoms with Gasteiger partial charge in [-0.25, -0.2) is 4.98 Å². The first-order valence-corrected chi connectivity index (χ1v) is 6.57. The zero-order valence-corrected chi connectivity index (χ0v) is 11.8. The van der Waals surface area contributed by atoms with E-state index in [9.17, 15) is 0 Å². The highest BCUT2D eigenvalue weighted by molar-refractivity contribution is 5.45. The molecule has 106 valence electrons. The quantitative estimate of drug-likeness (QED) is 0.935. The molecule has 0 fully saturated rings. The van der Waals surface area contributed by atoms with Crippen molar-refractivity contribution in [3.8, 4) is 5.75 Å². The van der Waals surface area contributed by atoms with E-state index in [1.54, 1.807) is 13.4 Å². The van der Waals surface area contributed by atoms with Gasteiger partial charge in [-0.1, -0.05) is 18.2 Å². The van der Waals surface area contributed by atoms with E-state index < -0.39 is 5.79 Å². The first-order valence-electron chi connectivity index (χ1n) is 6.57. The molecular formula is C15H18N2O3. The van der Waals surface area contributed by atoms with Crippen LogP contribution < -0.4 is 4.74 Å². The molecule has 3 rings (SSSR count). The van der Waals surface area contributed by atoms with E-state index in [-0.39, 0.29) is 6.10 Å². The Bertz CT molecular complexity index is 593. The third-order valence-electron chi connectivity index (χ3n) is 3.36. The summed E-state index contributed by atoms with van der Waals surface area (Å²) in [6, 6.07) is 5.99. The number of rotatable bonds is 3. The lowest BCUT2D eigenvalue weighted by Gasteiger charge is -2.34. The summed E-state index contributed by atoms with van der Waals surface area (Å²) in [6.07, 6.45) is 3.22. The van der Waals surface area contributed by atoms with Crippen LogP contribution in [0.2, 0.25) is 0 Å². The fourth-order valence-corrected chi connectivity index (χ4v) is 2.40. The summed E-state index contributed by atoms with van der Waals surface area (Å²) in [6.45, 7) is 4.35. The summed E-state index contributed by atoms with van der Waals surface area (Å²) < 4.78 is 17.3. The highest BCUT2D eigenvalue weighted by Crippen LogP contribution is 2.39. The minimum atomic E-state index is -0.632. The van der Waals surface area contributed by atoms with E-state index in [1.165, 1.54) is 0 Å². The van der Waals surface area contributed by atoms with Crippen LogP contribution in [0.15, 0.2) is 30.7 Å². The lowest BCUT2D eigenvalue weighted by Crippen LogP contribution is -2.36. The highest BCUT2D eigenvalue weighted by Gasteiger charge is 2.31. The Morgan fingerprint density at radius 1 is 1.40 bits per heavy atom. The zero-order valence-electron chi connectivity index (χ0n) is 11.8. The van der Waals surface area contributed by atoms with E-state index in [4.69, 9.17) is 14.2 Å². The number of hydrogen-bond acceptors (Lipinski definition) is 4. The fourth-order valence-electron chi connectivity index (χ4n) is 2.40. The molecule has 5 nitrogen and oxygen atoms in total. The molecule has 1 aliphatic heterocycles. The summed E-state index contributed by atoms with van der Waals surface area (Å²) in [5.74, 6) is 0.200. The number of nitrogens with one attached hydrogen (secondary N) is 1. The number of para-hydroxylation sites is 1. The maximum atomic E-state index is 5.99. The monoisotopic (exact) mass is 274 g/mol. The molecule has 0 saturated carbocycles. The van der Waals surface area contributed by atoms with Crippen LogP contribution in [0.1, 0.15) is 36.8 Å². The van der Waals surface area contributed by atoms with E-state index >= 15 is 0 Å². The number of imidazole rings is 1. The summed E-state index contributed by atoms with van der Waals surface area (Å²) in [7, 11) is 1.67. The van der Waals surface area contributed by atoms with Crippen LogP contribution in [-0.2, 0) is 16.1 Å². The molecule has 2 heterocycles. The Morgan fingerprint density at radius 2 is 2.25 bits per heavy atom. The van der Waals surface area contributed by atoms with Crippen LogP contribution in [0.4, 0.5) is 0 Å². The third-order valence-corrected chi connectivity index (χ3v) is 3.36. The van der Waals surface area contributed by atoms with Gasteiger partial charge < -0.3 is 19.2 Å². The zero-order chi connectivity index (χ0) is 14.2. The van der Waals surface area contributed by atoms with Gasteiger partial charge in [-0.3, -0.25) is 0 Å². The molecule has 1 N–H and O–H groups in total. The molecule has 1 aromatic heterocycles. The Hall–Kier alpha value is -1.85. The van der Waals surface area contributed by atoms with Crippen molar-refractivity contribution in [2.45, 2.75) is 32.3 Å². The number of fused-ring (bicyclic) bond motifs is 1. The van der Waals surface area contributed by atoms with E-state index in [2.05, 4.69) is 9.97 Å². The molecule has 1 unspecified atom stereocenters. The predicted octanol–water partition coefficient (Wildman–Crippen LogP) is 2.79. The number of ether oxygens (including phenoxy) is 3. The number of benzene rings is 1. The number of methoxy groups -OCH3 is 1. The molecule has 0 spiro atoms. The largest absolute Gasteiger partial charge is 0.462 e. The normalized spacial score (nSPS) is 18.1. The molecule has 0 bridgehead atoms. The van der Waals surface area contributed by atoms with Crippen LogP contribution >= 0.6 is 0 Å². The standard InChI is InChI=1S/C15H18N2O3/c1-15(2)19-8-10-5-4-6-11(13(10)20-15)14(18-3)12-7-16-9-17-12/h4-7,9,14H,8H2,1-3H3,(H,16,17). The minimum Gasteiger partial charge on any atom is -0.462 e. The van der Waals surface area contributed by atoms with Gasteiger partial charge in [0.2, 0.25) is 5.79 Å². The molecule has 1 aliphatic rings. The first-order chi connectivity index (χ1) is 9.61. The van der Waals surface area contributed by atoms with Crippen molar-refractivity contribution >= 4 is 0 Å². The molecule has 0 amide bonds. The van der Waals surface area contributed by atoms with Crippen LogP contribution in [0.25, 0.3) is 0 Å². The third kappa shape index (κ3) is 2.30. The molecule has 0 saturated heterocycles. The van der Waals surface area contributed by atoms with Crippen LogP contribution in [0.3, 0.4) is 0 Å². The summed E-state index contributed by atoms with van der Waals surface area (Å²) in [4.78, 5) is 7.24. The first kappa shape index (κ1) is 13.1. The molecule has 20 heavy (non-hydrogen) atoms. The minimum absolute atomic E-state index is 0.259. The van der Waals surface area contributed by atoms with E-state index in [1.807, 2.05) is 38.2 Å². The number of hydrogen-bond donors (Lipinski definition) is 1. The lowest BCUT2D eigenvalue weighted by molar-refractivity contribution is -0.181. The van der Waals surface area contributed by atoms with Crippen molar-refractivity contribution in [3.05, 3.63) is 47.5 Å². The summed E-state index contributed by atoms with van der Waals surface area (Å²) >= 11 is 0. The average Bonchev–Trinajstić information content (AvgIpc) is 2.93. The van der Waals surface area contributed by atoms with Crippen LogP contribution in [-0.4, -0.2) is 22.9 Å². The second-order valence-electron chi connectivity index (χ2n) is 5.24. The summed E-state index contributed by atoms with van der Waals surface area (Å²) in [5, 5.41) is 0. The van der Waals surface area contributed by atoms with Gasteiger partial charge in [0.15, 0.2) is 0 Å². The summed E-state index contributed by atoms with van der Waals surface area (Å²) in [5.41, 5.74) is 2.82. The SMILES string of the molecule is COC(c1c[nH]cn1)c1cccc2c1OC(C)(C)OC2. The highest BCUT2D eigenvalue weighted by atomic mass is 16.7. The maximum absolute atomic E-state index is 5.99. The van der Waals surface area contributed by atoms with Gasteiger partial charge in [-0.15, -0.1) is 0 Å². The van der Waals surface area contributed by atoms with Crippen molar-refractivity contribution in [1.29, 1.82) is 0 Å². The van der Waals surface area contributed by atoms with Crippen LogP contribution in [0, 0.1) is 0 Å². The lowest BCUT2D eigenvalue weighted by atomic mass is 10.0. The molecule has 1 aromatic carbocycles. The van der Waals surface area contributed by atoms with Crippen molar-refractivity contribution in [2.24, 2.45) is 0 Å². The topological polar surface area (TPSA) is 56.4 Å². The molecule has 0 aliphatic carbocycles.